The highest BCUT2D eigenvalue weighted by atomic mass is 35.5. The summed E-state index contributed by atoms with van der Waals surface area (Å²) in [7, 11) is 0. The molecule has 0 saturated heterocycles. The average molecular weight is 409 g/mol. The fraction of sp³-hybridized carbons (Fsp3) is 0.200. The van der Waals surface area contributed by atoms with Crippen LogP contribution in [0.15, 0.2) is 27.9 Å². The number of aromatic nitrogens is 5. The van der Waals surface area contributed by atoms with Crippen molar-refractivity contribution in [1.82, 2.24) is 30.7 Å². The Bertz CT molecular complexity index is 991. The summed E-state index contributed by atoms with van der Waals surface area (Å²) in [5.41, 5.74) is 9.09. The number of nitrogens with two attached hydrogens (primary N) is 1. The van der Waals surface area contributed by atoms with E-state index in [0.29, 0.717) is 21.3 Å². The number of carbonyl (C=O) groups excluding carboxylic acids is 1. The molecule has 2 aromatic heterocycles. The van der Waals surface area contributed by atoms with Gasteiger partial charge in [0.05, 0.1) is 22.0 Å². The van der Waals surface area contributed by atoms with Gasteiger partial charge in [-0.3, -0.25) is 4.79 Å². The Labute approximate surface area is 163 Å². The van der Waals surface area contributed by atoms with Crippen molar-refractivity contribution in [2.24, 2.45) is 5.10 Å². The van der Waals surface area contributed by atoms with E-state index in [2.05, 4.69) is 35.8 Å². The third-order valence-corrected chi connectivity index (χ3v) is 4.18. The predicted octanol–water partition coefficient (Wildman–Crippen LogP) is 2.43. The molecule has 0 fully saturated rings. The minimum atomic E-state index is -0.570. The zero-order chi connectivity index (χ0) is 19.6. The molecule has 0 atom stereocenters. The minimum Gasteiger partial charge on any atom is -0.378 e. The normalized spacial score (nSPS) is 11.4. The molecule has 3 rings (SSSR count). The van der Waals surface area contributed by atoms with Crippen LogP contribution in [-0.4, -0.2) is 37.4 Å². The van der Waals surface area contributed by atoms with Crippen LogP contribution in [0.3, 0.4) is 0 Å². The molecule has 3 aromatic rings. The van der Waals surface area contributed by atoms with Gasteiger partial charge in [-0.1, -0.05) is 48.3 Å². The number of anilines is 1. The summed E-state index contributed by atoms with van der Waals surface area (Å²) in [4.78, 5) is 12.5. The van der Waals surface area contributed by atoms with Crippen molar-refractivity contribution < 1.29 is 9.42 Å². The minimum absolute atomic E-state index is 0.0279. The number of amides is 1. The molecule has 0 spiro atoms. The van der Waals surface area contributed by atoms with Crippen molar-refractivity contribution in [1.29, 1.82) is 0 Å². The smallest absolute Gasteiger partial charge is 0.293 e. The van der Waals surface area contributed by atoms with Gasteiger partial charge in [0.1, 0.15) is 0 Å². The molecule has 2 heterocycles. The highest BCUT2D eigenvalue weighted by molar-refractivity contribution is 6.38. The fourth-order valence-electron chi connectivity index (χ4n) is 2.31. The first-order chi connectivity index (χ1) is 12.9. The number of hydrogen-bond acceptors (Lipinski definition) is 8. The molecule has 0 unspecified atom stereocenters. The van der Waals surface area contributed by atoms with E-state index in [-0.39, 0.29) is 23.2 Å². The molecule has 0 aliphatic rings. The summed E-state index contributed by atoms with van der Waals surface area (Å²) in [6.07, 6.45) is 1.35. The molecular formula is C15H14Cl2N8O2. The van der Waals surface area contributed by atoms with Crippen molar-refractivity contribution in [3.63, 3.8) is 0 Å². The van der Waals surface area contributed by atoms with Crippen LogP contribution < -0.4 is 11.2 Å². The Hall–Kier alpha value is -2.98. The monoisotopic (exact) mass is 408 g/mol. The van der Waals surface area contributed by atoms with Crippen LogP contribution in [0.25, 0.3) is 5.82 Å². The lowest BCUT2D eigenvalue weighted by atomic mass is 10.1. The zero-order valence-corrected chi connectivity index (χ0v) is 15.7. The summed E-state index contributed by atoms with van der Waals surface area (Å²) in [5.74, 6) is -0.519. The first-order valence-electron chi connectivity index (χ1n) is 7.71. The van der Waals surface area contributed by atoms with Gasteiger partial charge in [-0.05, 0) is 28.4 Å². The number of hydrogen-bond donors (Lipinski definition) is 2. The van der Waals surface area contributed by atoms with Crippen LogP contribution in [0.1, 0.15) is 41.5 Å². The van der Waals surface area contributed by atoms with Crippen LogP contribution in [-0.2, 0) is 0 Å². The first kappa shape index (κ1) is 18.8. The second-order valence-corrected chi connectivity index (χ2v) is 6.51. The SMILES string of the molecule is CC(C)c1c(C(=O)NN=Cc2c(Cl)cccc2Cl)nnn1-c1nonc1N. The Morgan fingerprint density at radius 2 is 2.04 bits per heavy atom. The lowest BCUT2D eigenvalue weighted by Crippen LogP contribution is -2.21. The van der Waals surface area contributed by atoms with Crippen molar-refractivity contribution in [3.8, 4) is 5.82 Å². The van der Waals surface area contributed by atoms with E-state index < -0.39 is 5.91 Å². The van der Waals surface area contributed by atoms with Gasteiger partial charge < -0.3 is 5.73 Å². The summed E-state index contributed by atoms with van der Waals surface area (Å²) in [5, 5.41) is 19.7. The predicted molar refractivity (Wildman–Crippen MR) is 99.2 cm³/mol. The van der Waals surface area contributed by atoms with E-state index in [0.717, 1.165) is 0 Å². The lowest BCUT2D eigenvalue weighted by Gasteiger charge is -2.08. The van der Waals surface area contributed by atoms with Crippen LogP contribution >= 0.6 is 23.2 Å². The molecule has 12 heteroatoms. The largest absolute Gasteiger partial charge is 0.378 e. The standard InChI is InChI=1S/C15H14Cl2N8O2/c1-7(2)12-11(20-24-25(12)14-13(18)22-27-23-14)15(26)21-19-6-8-9(16)4-3-5-10(8)17/h3-7H,1-2H3,(H2,18,22)(H,21,26). The Morgan fingerprint density at radius 3 is 2.63 bits per heavy atom. The maximum Gasteiger partial charge on any atom is 0.293 e. The number of nitrogen functional groups attached to an aromatic ring is 1. The number of halogens is 2. The van der Waals surface area contributed by atoms with Gasteiger partial charge in [-0.25, -0.2) is 10.1 Å². The maximum absolute atomic E-state index is 12.5. The molecule has 3 N–H and O–H groups in total. The van der Waals surface area contributed by atoms with Crippen LogP contribution in [0.5, 0.6) is 0 Å². The van der Waals surface area contributed by atoms with E-state index in [1.54, 1.807) is 18.2 Å². The van der Waals surface area contributed by atoms with Gasteiger partial charge >= 0.3 is 0 Å². The number of benzene rings is 1. The van der Waals surface area contributed by atoms with E-state index >= 15 is 0 Å². The molecule has 0 saturated carbocycles. The fourth-order valence-corrected chi connectivity index (χ4v) is 2.80. The van der Waals surface area contributed by atoms with Gasteiger partial charge in [0.25, 0.3) is 5.91 Å². The van der Waals surface area contributed by atoms with Gasteiger partial charge in [0.15, 0.2) is 5.69 Å². The molecule has 1 amide bonds. The average Bonchev–Trinajstić information content (AvgIpc) is 3.23. The third-order valence-electron chi connectivity index (χ3n) is 3.52. The molecule has 0 aliphatic carbocycles. The number of carbonyl (C=O) groups is 1. The Morgan fingerprint density at radius 1 is 1.33 bits per heavy atom. The van der Waals surface area contributed by atoms with Crippen molar-refractivity contribution in [2.75, 3.05) is 5.73 Å². The number of nitrogens with zero attached hydrogens (tertiary/aromatic N) is 6. The van der Waals surface area contributed by atoms with Crippen molar-refractivity contribution >= 4 is 41.1 Å². The highest BCUT2D eigenvalue weighted by Crippen LogP contribution is 2.23. The molecule has 1 aromatic carbocycles. The Balaban J connectivity index is 1.86. The van der Waals surface area contributed by atoms with Crippen LogP contribution in [0.4, 0.5) is 5.82 Å². The van der Waals surface area contributed by atoms with Crippen molar-refractivity contribution in [3.05, 3.63) is 45.2 Å². The molecule has 27 heavy (non-hydrogen) atoms. The quantitative estimate of drug-likeness (QED) is 0.488. The number of rotatable bonds is 5. The summed E-state index contributed by atoms with van der Waals surface area (Å²) in [6, 6.07) is 5.03. The molecular weight excluding hydrogens is 395 g/mol. The van der Waals surface area contributed by atoms with Gasteiger partial charge in [0, 0.05) is 5.56 Å². The summed E-state index contributed by atoms with van der Waals surface area (Å²) < 4.78 is 5.88. The molecule has 0 radical (unpaired) electrons. The van der Waals surface area contributed by atoms with E-state index in [4.69, 9.17) is 28.9 Å². The van der Waals surface area contributed by atoms with Gasteiger partial charge in [-0.15, -0.1) is 5.10 Å². The van der Waals surface area contributed by atoms with E-state index in [1.807, 2.05) is 13.8 Å². The van der Waals surface area contributed by atoms with E-state index in [1.165, 1.54) is 10.9 Å². The second-order valence-electron chi connectivity index (χ2n) is 5.70. The number of hydrazone groups is 1. The van der Waals surface area contributed by atoms with Crippen molar-refractivity contribution in [2.45, 2.75) is 19.8 Å². The molecule has 0 aliphatic heterocycles. The van der Waals surface area contributed by atoms with Crippen LogP contribution in [0.2, 0.25) is 10.0 Å². The lowest BCUT2D eigenvalue weighted by molar-refractivity contribution is 0.0948. The molecule has 0 bridgehead atoms. The van der Waals surface area contributed by atoms with Crippen LogP contribution in [0, 0.1) is 0 Å². The molecule has 140 valence electrons. The van der Waals surface area contributed by atoms with Gasteiger partial charge in [0.2, 0.25) is 11.6 Å². The molecule has 10 nitrogen and oxygen atoms in total. The maximum atomic E-state index is 12.5. The highest BCUT2D eigenvalue weighted by Gasteiger charge is 2.25. The topological polar surface area (TPSA) is 137 Å². The zero-order valence-electron chi connectivity index (χ0n) is 14.2. The second kappa shape index (κ2) is 7.72. The number of nitrogens with one attached hydrogen (secondary N) is 1. The summed E-state index contributed by atoms with van der Waals surface area (Å²) in [6.45, 7) is 3.73. The van der Waals surface area contributed by atoms with E-state index in [9.17, 15) is 4.79 Å². The van der Waals surface area contributed by atoms with Gasteiger partial charge in [-0.2, -0.15) is 9.78 Å². The summed E-state index contributed by atoms with van der Waals surface area (Å²) >= 11 is 12.1. The third kappa shape index (κ3) is 3.76. The Kier molecular flexibility index (Phi) is 5.38. The first-order valence-corrected chi connectivity index (χ1v) is 8.47.